The Morgan fingerprint density at radius 3 is 2.27 bits per heavy atom. The normalized spacial score (nSPS) is 17.1. The number of ether oxygens (including phenoxy) is 1. The molecule has 0 saturated carbocycles. The van der Waals surface area contributed by atoms with Gasteiger partial charge in [0, 0.05) is 30.5 Å². The molecule has 0 radical (unpaired) electrons. The summed E-state index contributed by atoms with van der Waals surface area (Å²) in [5.74, 6) is 0.210. The van der Waals surface area contributed by atoms with Gasteiger partial charge in [0.05, 0.1) is 19.7 Å². The second-order valence-electron chi connectivity index (χ2n) is 10.4. The summed E-state index contributed by atoms with van der Waals surface area (Å²) in [6, 6.07) is 26.9. The molecule has 8 heteroatoms. The van der Waals surface area contributed by atoms with Crippen molar-refractivity contribution in [3.8, 4) is 5.75 Å². The summed E-state index contributed by atoms with van der Waals surface area (Å²) in [4.78, 5) is 46.2. The van der Waals surface area contributed by atoms with Crippen molar-refractivity contribution < 1.29 is 19.1 Å². The van der Waals surface area contributed by atoms with Crippen molar-refractivity contribution in [2.24, 2.45) is 0 Å². The lowest BCUT2D eigenvalue weighted by Gasteiger charge is -2.44. The Labute approximate surface area is 235 Å². The molecule has 1 spiro atoms. The van der Waals surface area contributed by atoms with E-state index in [4.69, 9.17) is 4.74 Å². The lowest BCUT2D eigenvalue weighted by Crippen LogP contribution is -2.57. The molecule has 0 unspecified atom stereocenters. The van der Waals surface area contributed by atoms with E-state index in [1.165, 1.54) is 0 Å². The second-order valence-corrected chi connectivity index (χ2v) is 10.4. The number of methoxy groups -OCH3 is 1. The van der Waals surface area contributed by atoms with Gasteiger partial charge in [0.25, 0.3) is 5.91 Å². The maximum atomic E-state index is 14.0. The molecule has 2 saturated heterocycles. The molecule has 0 aliphatic carbocycles. The van der Waals surface area contributed by atoms with Crippen LogP contribution in [-0.2, 0) is 14.4 Å². The van der Waals surface area contributed by atoms with Crippen molar-refractivity contribution in [2.45, 2.75) is 37.6 Å². The maximum absolute atomic E-state index is 14.0. The van der Waals surface area contributed by atoms with E-state index in [0.717, 1.165) is 17.7 Å². The van der Waals surface area contributed by atoms with Crippen LogP contribution in [0.5, 0.6) is 5.75 Å². The fourth-order valence-electron chi connectivity index (χ4n) is 5.95. The van der Waals surface area contributed by atoms with Crippen LogP contribution < -0.4 is 15.0 Å². The molecule has 1 atom stereocenters. The predicted octanol–water partition coefficient (Wildman–Crippen LogP) is 4.50. The smallest absolute Gasteiger partial charge is 0.250 e. The van der Waals surface area contributed by atoms with Crippen LogP contribution in [-0.4, -0.2) is 66.5 Å². The van der Waals surface area contributed by atoms with Gasteiger partial charge in [-0.05, 0) is 49.1 Å². The Morgan fingerprint density at radius 2 is 1.62 bits per heavy atom. The summed E-state index contributed by atoms with van der Waals surface area (Å²) in [5, 5.41) is 2.88. The van der Waals surface area contributed by atoms with Crippen molar-refractivity contribution in [3.63, 3.8) is 0 Å². The zero-order chi connectivity index (χ0) is 28.1. The van der Waals surface area contributed by atoms with Gasteiger partial charge in [0.1, 0.15) is 17.8 Å². The molecule has 0 bridgehead atoms. The molecule has 2 aliphatic heterocycles. The average Bonchev–Trinajstić information content (AvgIpc) is 3.25. The summed E-state index contributed by atoms with van der Waals surface area (Å²) < 4.78 is 5.25. The summed E-state index contributed by atoms with van der Waals surface area (Å²) in [6.07, 6.45) is 1.73. The Bertz CT molecular complexity index is 1340. The Hall–Kier alpha value is -4.33. The third-order valence-electron chi connectivity index (χ3n) is 8.08. The number of para-hydroxylation sites is 1. The number of carbonyl (C=O) groups excluding carboxylic acids is 3. The molecule has 3 aromatic rings. The number of carbonyl (C=O) groups is 3. The van der Waals surface area contributed by atoms with Gasteiger partial charge < -0.3 is 24.8 Å². The third kappa shape index (κ3) is 5.39. The lowest BCUT2D eigenvalue weighted by molar-refractivity contribution is -0.140. The molecule has 3 aromatic carbocycles. The minimum atomic E-state index is -0.803. The van der Waals surface area contributed by atoms with Crippen molar-refractivity contribution >= 4 is 29.1 Å². The maximum Gasteiger partial charge on any atom is 0.250 e. The Balaban J connectivity index is 1.32. The number of nitrogens with zero attached hydrogens (tertiary/aromatic N) is 3. The summed E-state index contributed by atoms with van der Waals surface area (Å²) >= 11 is 0. The topological polar surface area (TPSA) is 82.2 Å². The highest BCUT2D eigenvalue weighted by atomic mass is 16.5. The minimum absolute atomic E-state index is 0.0598. The number of benzene rings is 3. The van der Waals surface area contributed by atoms with Crippen LogP contribution in [0, 0.1) is 0 Å². The number of rotatable bonds is 8. The number of likely N-dealkylation sites (tertiary alicyclic amines) is 1. The van der Waals surface area contributed by atoms with Gasteiger partial charge in [-0.2, -0.15) is 0 Å². The molecular weight excluding hydrogens is 504 g/mol. The van der Waals surface area contributed by atoms with Gasteiger partial charge in [-0.15, -0.1) is 0 Å². The van der Waals surface area contributed by atoms with E-state index in [9.17, 15) is 14.4 Å². The highest BCUT2D eigenvalue weighted by molar-refractivity contribution is 5.99. The Kier molecular flexibility index (Phi) is 8.05. The van der Waals surface area contributed by atoms with Gasteiger partial charge in [-0.1, -0.05) is 61.5 Å². The average molecular weight is 541 g/mol. The lowest BCUT2D eigenvalue weighted by atomic mass is 9.84. The van der Waals surface area contributed by atoms with Gasteiger partial charge >= 0.3 is 0 Å². The predicted molar refractivity (Wildman–Crippen MR) is 155 cm³/mol. The molecule has 40 heavy (non-hydrogen) atoms. The van der Waals surface area contributed by atoms with E-state index in [1.807, 2.05) is 72.5 Å². The number of amides is 3. The highest BCUT2D eigenvalue weighted by Gasteiger charge is 2.54. The van der Waals surface area contributed by atoms with Gasteiger partial charge in [-0.3, -0.25) is 14.4 Å². The van der Waals surface area contributed by atoms with Gasteiger partial charge in [-0.25, -0.2) is 0 Å². The first-order valence-electron chi connectivity index (χ1n) is 13.8. The molecule has 208 valence electrons. The number of piperidine rings is 1. The van der Waals surface area contributed by atoms with E-state index in [1.54, 1.807) is 36.3 Å². The molecule has 5 rings (SSSR count). The molecular formula is C32H36N4O4. The molecule has 2 fully saturated rings. The van der Waals surface area contributed by atoms with Crippen LogP contribution in [0.15, 0.2) is 84.9 Å². The van der Waals surface area contributed by atoms with E-state index in [0.29, 0.717) is 44.0 Å². The molecule has 0 aromatic heterocycles. The molecule has 2 aliphatic rings. The quantitative estimate of drug-likeness (QED) is 0.455. The molecule has 8 nitrogen and oxygen atoms in total. The van der Waals surface area contributed by atoms with E-state index in [2.05, 4.69) is 10.2 Å². The molecule has 3 amide bonds. The van der Waals surface area contributed by atoms with Crippen molar-refractivity contribution in [3.05, 3.63) is 90.5 Å². The van der Waals surface area contributed by atoms with Crippen LogP contribution in [0.3, 0.4) is 0 Å². The fraction of sp³-hybridized carbons (Fsp3) is 0.344. The van der Waals surface area contributed by atoms with Crippen LogP contribution in [0.25, 0.3) is 0 Å². The largest absolute Gasteiger partial charge is 0.497 e. The summed E-state index contributed by atoms with van der Waals surface area (Å²) in [5.41, 5.74) is 1.76. The number of hydrogen-bond acceptors (Lipinski definition) is 5. The summed E-state index contributed by atoms with van der Waals surface area (Å²) in [6.45, 7) is 3.26. The fourth-order valence-corrected chi connectivity index (χ4v) is 5.95. The van der Waals surface area contributed by atoms with Gasteiger partial charge in [0.15, 0.2) is 0 Å². The van der Waals surface area contributed by atoms with Crippen molar-refractivity contribution in [1.29, 1.82) is 0 Å². The number of nitrogens with one attached hydrogen (secondary N) is 1. The van der Waals surface area contributed by atoms with Crippen LogP contribution in [0.1, 0.15) is 37.7 Å². The Morgan fingerprint density at radius 1 is 0.950 bits per heavy atom. The first-order chi connectivity index (χ1) is 19.4. The highest BCUT2D eigenvalue weighted by Crippen LogP contribution is 2.40. The van der Waals surface area contributed by atoms with Crippen molar-refractivity contribution in [2.75, 3.05) is 43.6 Å². The second kappa shape index (κ2) is 11.8. The standard InChI is InChI=1S/C32H36N4O4/c1-3-28(24-11-6-4-7-12-24)30(38)34-19-17-32(18-20-34)31(39)35(23-36(32)26-14-8-5-9-15-26)22-29(37)33-25-13-10-16-27(21-25)40-2/h4-16,21,28H,3,17-20,22-23H2,1-2H3,(H,33,37)/t28-/m0/s1. The van der Waals surface area contributed by atoms with E-state index >= 15 is 0 Å². The van der Waals surface area contributed by atoms with Crippen LogP contribution >= 0.6 is 0 Å². The van der Waals surface area contributed by atoms with E-state index in [-0.39, 0.29) is 30.2 Å². The first-order valence-corrected chi connectivity index (χ1v) is 13.8. The molecule has 2 heterocycles. The number of hydrogen-bond donors (Lipinski definition) is 1. The monoisotopic (exact) mass is 540 g/mol. The zero-order valence-corrected chi connectivity index (χ0v) is 23.1. The number of anilines is 2. The molecule has 1 N–H and O–H groups in total. The zero-order valence-electron chi connectivity index (χ0n) is 23.1. The SMILES string of the molecule is CC[C@H](C(=O)N1CCC2(CC1)C(=O)N(CC(=O)Nc1cccc(OC)c1)CN2c1ccccc1)c1ccccc1. The van der Waals surface area contributed by atoms with E-state index < -0.39 is 5.54 Å². The van der Waals surface area contributed by atoms with Gasteiger partial charge in [0.2, 0.25) is 11.8 Å². The minimum Gasteiger partial charge on any atom is -0.497 e. The van der Waals surface area contributed by atoms with Crippen LogP contribution in [0.4, 0.5) is 11.4 Å². The third-order valence-corrected chi connectivity index (χ3v) is 8.08. The first kappa shape index (κ1) is 27.2. The van der Waals surface area contributed by atoms with Crippen molar-refractivity contribution in [1.82, 2.24) is 9.80 Å². The van der Waals surface area contributed by atoms with Crippen LogP contribution in [0.2, 0.25) is 0 Å². The summed E-state index contributed by atoms with van der Waals surface area (Å²) in [7, 11) is 1.57.